The third kappa shape index (κ3) is 7.18. The predicted molar refractivity (Wildman–Crippen MR) is 204 cm³/mol. The molecule has 0 unspecified atom stereocenters. The van der Waals surface area contributed by atoms with E-state index in [1.54, 1.807) is 0 Å². The first kappa shape index (κ1) is 31.2. The van der Waals surface area contributed by atoms with Crippen LogP contribution in [0.25, 0.3) is 33.3 Å². The van der Waals surface area contributed by atoms with Crippen LogP contribution in [0.3, 0.4) is 0 Å². The van der Waals surface area contributed by atoms with Crippen molar-refractivity contribution >= 4 is 22.3 Å². The maximum Gasteiger partial charge on any atom is 0.127 e. The molecule has 248 valence electrons. The largest absolute Gasteiger partial charge is 0.457 e. The minimum absolute atomic E-state index is 0.694. The van der Waals surface area contributed by atoms with Crippen molar-refractivity contribution in [3.05, 3.63) is 170 Å². The summed E-state index contributed by atoms with van der Waals surface area (Å²) in [6.45, 7) is 0. The first-order valence-electron chi connectivity index (χ1n) is 16.5. The van der Waals surface area contributed by atoms with Crippen LogP contribution in [0.4, 0.5) is 11.4 Å². The zero-order valence-corrected chi connectivity index (χ0v) is 27.5. The number of para-hydroxylation sites is 1. The Balaban J connectivity index is 0.968. The number of aromatic nitrogens is 1. The zero-order chi connectivity index (χ0) is 34.6. The number of benzene rings is 7. The summed E-state index contributed by atoms with van der Waals surface area (Å²) in [4.78, 5) is 3.65. The summed E-state index contributed by atoms with van der Waals surface area (Å²) in [6, 6.07) is 54.2. The van der Waals surface area contributed by atoms with Gasteiger partial charge in [-0.05, 0) is 151 Å². The molecule has 8 aromatic rings. The van der Waals surface area contributed by atoms with Crippen molar-refractivity contribution in [2.45, 2.75) is 0 Å². The van der Waals surface area contributed by atoms with Gasteiger partial charge in [0.05, 0.1) is 5.69 Å². The summed E-state index contributed by atoms with van der Waals surface area (Å²) in [5, 5.41) is 1.14. The molecule has 7 aromatic carbocycles. The van der Waals surface area contributed by atoms with Crippen LogP contribution >= 0.6 is 0 Å². The first-order valence-corrected chi connectivity index (χ1v) is 16.5. The number of ether oxygens (including phenoxy) is 4. The Kier molecular flexibility index (Phi) is 8.42. The number of H-pyrrole nitrogens is 1. The summed E-state index contributed by atoms with van der Waals surface area (Å²) in [6.07, 6.45) is 0. The second-order valence-corrected chi connectivity index (χ2v) is 12.0. The second-order valence-electron chi connectivity index (χ2n) is 12.0. The lowest BCUT2D eigenvalue weighted by Crippen LogP contribution is -1.89. The monoisotopic (exact) mass is 667 g/mol. The van der Waals surface area contributed by atoms with Gasteiger partial charge in [0.2, 0.25) is 0 Å². The number of hydrogen-bond acceptors (Lipinski definition) is 6. The topological polar surface area (TPSA) is 105 Å². The van der Waals surface area contributed by atoms with E-state index in [0.717, 1.165) is 56.3 Å². The fraction of sp³-hybridized carbons (Fsp3) is 0. The molecule has 0 aliphatic heterocycles. The minimum Gasteiger partial charge on any atom is -0.457 e. The highest BCUT2D eigenvalue weighted by molar-refractivity contribution is 6.03. The van der Waals surface area contributed by atoms with E-state index < -0.39 is 0 Å². The fourth-order valence-corrected chi connectivity index (χ4v) is 5.81. The molecule has 7 nitrogen and oxygen atoms in total. The summed E-state index contributed by atoms with van der Waals surface area (Å²) in [5.74, 6) is 5.76. The van der Waals surface area contributed by atoms with E-state index in [9.17, 15) is 0 Å². The van der Waals surface area contributed by atoms with Gasteiger partial charge in [0.25, 0.3) is 0 Å². The van der Waals surface area contributed by atoms with Gasteiger partial charge in [-0.2, -0.15) is 0 Å². The van der Waals surface area contributed by atoms with Crippen LogP contribution < -0.4 is 30.4 Å². The minimum atomic E-state index is 0.694. The number of anilines is 2. The average molecular weight is 668 g/mol. The molecule has 5 N–H and O–H groups in total. The molecule has 0 aliphatic carbocycles. The van der Waals surface area contributed by atoms with Crippen molar-refractivity contribution in [1.29, 1.82) is 0 Å². The van der Waals surface area contributed by atoms with Gasteiger partial charge in [0.15, 0.2) is 0 Å². The summed E-state index contributed by atoms with van der Waals surface area (Å²) in [5.41, 5.74) is 18.3. The molecule has 1 heterocycles. The number of rotatable bonds is 10. The zero-order valence-electron chi connectivity index (χ0n) is 27.5. The Morgan fingerprint density at radius 2 is 0.647 bits per heavy atom. The van der Waals surface area contributed by atoms with Crippen molar-refractivity contribution in [2.75, 3.05) is 11.5 Å². The van der Waals surface area contributed by atoms with Gasteiger partial charge in [-0.15, -0.1) is 0 Å². The number of nitrogens with one attached hydrogen (secondary N) is 1. The lowest BCUT2D eigenvalue weighted by molar-refractivity contribution is 0.469. The highest BCUT2D eigenvalue weighted by Crippen LogP contribution is 2.40. The van der Waals surface area contributed by atoms with Gasteiger partial charge < -0.3 is 35.4 Å². The maximum atomic E-state index is 6.17. The van der Waals surface area contributed by atoms with Crippen LogP contribution in [0.5, 0.6) is 46.0 Å². The number of nitrogen functional groups attached to an aromatic ring is 2. The van der Waals surface area contributed by atoms with Crippen molar-refractivity contribution in [2.24, 2.45) is 0 Å². The van der Waals surface area contributed by atoms with Crippen LogP contribution in [0.1, 0.15) is 0 Å². The van der Waals surface area contributed by atoms with Gasteiger partial charge in [-0.1, -0.05) is 30.3 Å². The SMILES string of the molecule is Nc1ccc(Oc2ccc(Oc3ccc(-c4[nH]c5ccccc5c4-c4ccc(Oc5ccc(Oc6ccc(N)cc6)cc5)cc4)cc3)cc2)cc1. The van der Waals surface area contributed by atoms with Crippen LogP contribution in [-0.2, 0) is 0 Å². The molecule has 0 fully saturated rings. The molecule has 0 spiro atoms. The fourth-order valence-electron chi connectivity index (χ4n) is 5.81. The number of nitrogens with two attached hydrogens (primary N) is 2. The van der Waals surface area contributed by atoms with E-state index in [-0.39, 0.29) is 0 Å². The lowest BCUT2D eigenvalue weighted by atomic mass is 9.98. The number of aromatic amines is 1. The Hall–Kier alpha value is -7.12. The first-order chi connectivity index (χ1) is 25.0. The standard InChI is InChI=1S/C44H33N3O4/c45-31-9-17-35(18-10-31)50-39-25-21-37(22-26-39)48-33-13-5-29(6-14-33)43-41-3-1-2-4-42(41)47-44(43)30-7-15-34(16-8-30)49-38-23-27-40(28-24-38)51-36-19-11-32(46)12-20-36/h1-28,47H,45-46H2. The highest BCUT2D eigenvalue weighted by Gasteiger charge is 2.16. The molecular weight excluding hydrogens is 635 g/mol. The van der Waals surface area contributed by atoms with Crippen LogP contribution in [0, 0.1) is 0 Å². The molecule has 0 bridgehead atoms. The van der Waals surface area contributed by atoms with E-state index >= 15 is 0 Å². The molecule has 0 amide bonds. The van der Waals surface area contributed by atoms with Crippen LogP contribution in [0.2, 0.25) is 0 Å². The average Bonchev–Trinajstić information content (AvgIpc) is 3.55. The molecule has 0 radical (unpaired) electrons. The van der Waals surface area contributed by atoms with E-state index in [0.29, 0.717) is 34.4 Å². The third-order valence-corrected chi connectivity index (χ3v) is 8.34. The molecule has 7 heteroatoms. The number of fused-ring (bicyclic) bond motifs is 1. The summed E-state index contributed by atoms with van der Waals surface area (Å²) in [7, 11) is 0. The summed E-state index contributed by atoms with van der Waals surface area (Å²) < 4.78 is 24.1. The van der Waals surface area contributed by atoms with Crippen LogP contribution in [0.15, 0.2) is 170 Å². The van der Waals surface area contributed by atoms with Gasteiger partial charge in [0.1, 0.15) is 46.0 Å². The third-order valence-electron chi connectivity index (χ3n) is 8.34. The normalized spacial score (nSPS) is 10.9. The number of hydrogen-bond donors (Lipinski definition) is 3. The Bertz CT molecular complexity index is 2380. The molecule has 51 heavy (non-hydrogen) atoms. The van der Waals surface area contributed by atoms with Gasteiger partial charge >= 0.3 is 0 Å². The highest BCUT2D eigenvalue weighted by atomic mass is 16.5. The van der Waals surface area contributed by atoms with Crippen LogP contribution in [-0.4, -0.2) is 4.98 Å². The molecule has 0 saturated heterocycles. The Labute approximate surface area is 295 Å². The van der Waals surface area contributed by atoms with Crippen molar-refractivity contribution < 1.29 is 18.9 Å². The van der Waals surface area contributed by atoms with E-state index in [4.69, 9.17) is 30.4 Å². The quantitative estimate of drug-likeness (QED) is 0.125. The summed E-state index contributed by atoms with van der Waals surface area (Å²) >= 11 is 0. The Morgan fingerprint density at radius 3 is 1.04 bits per heavy atom. The van der Waals surface area contributed by atoms with Gasteiger partial charge in [0, 0.05) is 27.8 Å². The van der Waals surface area contributed by atoms with Crippen molar-refractivity contribution in [3.8, 4) is 68.4 Å². The molecular formula is C44H33N3O4. The molecule has 0 aliphatic rings. The molecule has 1 aromatic heterocycles. The smallest absolute Gasteiger partial charge is 0.127 e. The van der Waals surface area contributed by atoms with Crippen molar-refractivity contribution in [1.82, 2.24) is 4.98 Å². The molecule has 0 saturated carbocycles. The second kappa shape index (κ2) is 13.8. The molecule has 8 rings (SSSR count). The van der Waals surface area contributed by atoms with Gasteiger partial charge in [-0.3, -0.25) is 0 Å². The molecule has 0 atom stereocenters. The predicted octanol–water partition coefficient (Wildman–Crippen LogP) is 11.8. The van der Waals surface area contributed by atoms with E-state index in [1.807, 2.05) is 127 Å². The van der Waals surface area contributed by atoms with Gasteiger partial charge in [-0.25, -0.2) is 0 Å². The van der Waals surface area contributed by atoms with E-state index in [1.165, 1.54) is 0 Å². The Morgan fingerprint density at radius 1 is 0.333 bits per heavy atom. The van der Waals surface area contributed by atoms with E-state index in [2.05, 4.69) is 47.4 Å². The van der Waals surface area contributed by atoms with Crippen molar-refractivity contribution in [3.63, 3.8) is 0 Å². The lowest BCUT2D eigenvalue weighted by Gasteiger charge is -2.11. The maximum absolute atomic E-state index is 6.17.